The molecule has 0 fully saturated rings. The van der Waals surface area contributed by atoms with E-state index < -0.39 is 0 Å². The van der Waals surface area contributed by atoms with Crippen LogP contribution in [-0.4, -0.2) is 41.9 Å². The van der Waals surface area contributed by atoms with Gasteiger partial charge >= 0.3 is 5.69 Å². The Labute approximate surface area is 208 Å². The number of hydrogen-bond acceptors (Lipinski definition) is 6. The number of H-pyrrole nitrogens is 1. The van der Waals surface area contributed by atoms with E-state index in [2.05, 4.69) is 27.5 Å². The van der Waals surface area contributed by atoms with Crippen LogP contribution in [0.4, 0.5) is 0 Å². The second kappa shape index (κ2) is 10.4. The lowest BCUT2D eigenvalue weighted by molar-refractivity contribution is 0.412. The fourth-order valence-electron chi connectivity index (χ4n) is 4.30. The van der Waals surface area contributed by atoms with Crippen molar-refractivity contribution in [3.05, 3.63) is 94.9 Å². The normalized spacial score (nSPS) is 11.1. The number of tetrazole rings is 1. The van der Waals surface area contributed by atoms with Crippen LogP contribution in [-0.2, 0) is 13.0 Å². The van der Waals surface area contributed by atoms with Crippen molar-refractivity contribution in [1.29, 1.82) is 0 Å². The van der Waals surface area contributed by atoms with Crippen molar-refractivity contribution < 1.29 is 4.74 Å². The van der Waals surface area contributed by atoms with Gasteiger partial charge in [-0.3, -0.25) is 14.1 Å². The smallest absolute Gasteiger partial charge is 0.333 e. The van der Waals surface area contributed by atoms with Crippen LogP contribution in [0.2, 0.25) is 0 Å². The molecule has 9 nitrogen and oxygen atoms in total. The van der Waals surface area contributed by atoms with Gasteiger partial charge in [-0.15, -0.1) is 10.2 Å². The molecule has 3 heterocycles. The van der Waals surface area contributed by atoms with Gasteiger partial charge in [0.25, 0.3) is 0 Å². The number of para-hydroxylation sites is 2. The number of hydrogen-bond donors (Lipinski definition) is 1. The molecule has 36 heavy (non-hydrogen) atoms. The van der Waals surface area contributed by atoms with Crippen molar-refractivity contribution in [2.75, 3.05) is 7.11 Å². The molecule has 0 saturated heterocycles. The predicted molar refractivity (Wildman–Crippen MR) is 137 cm³/mol. The lowest BCUT2D eigenvalue weighted by Gasteiger charge is -2.09. The lowest BCUT2D eigenvalue weighted by Crippen LogP contribution is -2.25. The average molecular weight is 482 g/mol. The topological polar surface area (TPSA) is 104 Å². The minimum atomic E-state index is -0.112. The molecule has 5 rings (SSSR count). The molecule has 182 valence electrons. The maximum atomic E-state index is 13.5. The summed E-state index contributed by atoms with van der Waals surface area (Å²) < 4.78 is 8.97. The minimum Gasteiger partial charge on any atom is -0.495 e. The van der Waals surface area contributed by atoms with E-state index in [1.807, 2.05) is 73.1 Å². The number of rotatable bonds is 9. The molecule has 0 unspecified atom stereocenters. The number of nitrogens with zero attached hydrogens (tertiary/aromatic N) is 6. The Balaban J connectivity index is 1.48. The first-order valence-corrected chi connectivity index (χ1v) is 11.9. The van der Waals surface area contributed by atoms with E-state index in [1.165, 1.54) is 0 Å². The van der Waals surface area contributed by atoms with Crippen molar-refractivity contribution in [3.8, 4) is 34.0 Å². The van der Waals surface area contributed by atoms with Crippen molar-refractivity contribution in [2.45, 2.75) is 32.7 Å². The quantitative estimate of drug-likeness (QED) is 0.337. The number of benzene rings is 2. The van der Waals surface area contributed by atoms with Gasteiger partial charge in [0.05, 0.1) is 25.0 Å². The van der Waals surface area contributed by atoms with E-state index in [0.29, 0.717) is 18.1 Å². The Hall–Kier alpha value is -4.53. The van der Waals surface area contributed by atoms with Crippen LogP contribution < -0.4 is 10.4 Å². The van der Waals surface area contributed by atoms with Gasteiger partial charge in [0, 0.05) is 29.2 Å². The first kappa shape index (κ1) is 23.2. The molecule has 2 aromatic carbocycles. The van der Waals surface area contributed by atoms with Gasteiger partial charge in [0.15, 0.2) is 0 Å². The third-order valence-electron chi connectivity index (χ3n) is 6.16. The number of methoxy groups -OCH3 is 1. The summed E-state index contributed by atoms with van der Waals surface area (Å²) in [4.78, 5) is 18.2. The Bertz CT molecular complexity index is 1500. The number of unbranched alkanes of at least 4 members (excludes halogenated alkanes) is 1. The molecular formula is C27H27N7O2. The molecule has 0 aliphatic heterocycles. The van der Waals surface area contributed by atoms with E-state index in [1.54, 1.807) is 16.2 Å². The molecule has 5 aromatic rings. The molecule has 0 saturated carbocycles. The summed E-state index contributed by atoms with van der Waals surface area (Å²) in [6, 6.07) is 19.4. The van der Waals surface area contributed by atoms with Crippen LogP contribution in [0.15, 0.2) is 77.9 Å². The molecule has 0 atom stereocenters. The van der Waals surface area contributed by atoms with Crippen LogP contribution in [0, 0.1) is 0 Å². The number of aryl methyl sites for hydroxylation is 1. The number of ether oxygens (including phenoxy) is 1. The van der Waals surface area contributed by atoms with E-state index in [0.717, 1.165) is 53.0 Å². The number of nitrogens with one attached hydrogen (secondary N) is 1. The van der Waals surface area contributed by atoms with Crippen molar-refractivity contribution in [1.82, 2.24) is 34.7 Å². The standard InChI is InChI=1S/C27H27N7O2/c1-3-4-9-21-18-34(24-12-7-8-13-25(24)36-2)27(35)33(21)17-20-15-14-19(16-28-20)22-10-5-6-11-23(22)26-29-31-32-30-26/h5-8,10-16,18H,3-4,9,17H2,1-2H3,(H,29,30,31,32). The first-order chi connectivity index (χ1) is 17.7. The summed E-state index contributed by atoms with van der Waals surface area (Å²) in [5.41, 5.74) is 5.15. The molecule has 3 aromatic heterocycles. The monoisotopic (exact) mass is 481 g/mol. The van der Waals surface area contributed by atoms with E-state index in [-0.39, 0.29) is 5.69 Å². The van der Waals surface area contributed by atoms with Gasteiger partial charge in [0.1, 0.15) is 5.75 Å². The van der Waals surface area contributed by atoms with Crippen LogP contribution in [0.1, 0.15) is 31.2 Å². The second-order valence-corrected chi connectivity index (χ2v) is 8.45. The third-order valence-corrected chi connectivity index (χ3v) is 6.16. The number of aromatic nitrogens is 7. The largest absolute Gasteiger partial charge is 0.495 e. The molecule has 1 N–H and O–H groups in total. The number of aromatic amines is 1. The van der Waals surface area contributed by atoms with Crippen molar-refractivity contribution >= 4 is 0 Å². The highest BCUT2D eigenvalue weighted by Gasteiger charge is 2.16. The fourth-order valence-corrected chi connectivity index (χ4v) is 4.30. The highest BCUT2D eigenvalue weighted by Crippen LogP contribution is 2.29. The Morgan fingerprint density at radius 1 is 1.00 bits per heavy atom. The zero-order chi connectivity index (χ0) is 24.9. The molecule has 0 amide bonds. The average Bonchev–Trinajstić information content (AvgIpc) is 3.57. The van der Waals surface area contributed by atoms with Crippen LogP contribution in [0.3, 0.4) is 0 Å². The Morgan fingerprint density at radius 3 is 2.53 bits per heavy atom. The maximum Gasteiger partial charge on any atom is 0.333 e. The summed E-state index contributed by atoms with van der Waals surface area (Å²) >= 11 is 0. The van der Waals surface area contributed by atoms with Crippen LogP contribution in [0.5, 0.6) is 5.75 Å². The lowest BCUT2D eigenvalue weighted by atomic mass is 10.0. The molecule has 0 radical (unpaired) electrons. The summed E-state index contributed by atoms with van der Waals surface area (Å²) in [5, 5.41) is 14.4. The second-order valence-electron chi connectivity index (χ2n) is 8.45. The zero-order valence-corrected chi connectivity index (χ0v) is 20.3. The fraction of sp³-hybridized carbons (Fsp3) is 0.222. The van der Waals surface area contributed by atoms with E-state index in [9.17, 15) is 4.79 Å². The summed E-state index contributed by atoms with van der Waals surface area (Å²) in [7, 11) is 1.61. The molecular weight excluding hydrogens is 454 g/mol. The zero-order valence-electron chi connectivity index (χ0n) is 20.3. The van der Waals surface area contributed by atoms with Gasteiger partial charge in [-0.2, -0.15) is 5.21 Å². The first-order valence-electron chi connectivity index (χ1n) is 11.9. The Morgan fingerprint density at radius 2 is 1.81 bits per heavy atom. The Kier molecular flexibility index (Phi) is 6.70. The highest BCUT2D eigenvalue weighted by molar-refractivity contribution is 5.79. The van der Waals surface area contributed by atoms with Crippen molar-refractivity contribution in [2.24, 2.45) is 0 Å². The van der Waals surface area contributed by atoms with E-state index >= 15 is 0 Å². The number of pyridine rings is 1. The summed E-state index contributed by atoms with van der Waals surface area (Å²) in [5.74, 6) is 1.18. The molecule has 0 spiro atoms. The third kappa shape index (κ3) is 4.55. The van der Waals surface area contributed by atoms with Crippen molar-refractivity contribution in [3.63, 3.8) is 0 Å². The van der Waals surface area contributed by atoms with E-state index in [4.69, 9.17) is 9.72 Å². The predicted octanol–water partition coefficient (Wildman–Crippen LogP) is 4.28. The molecule has 9 heteroatoms. The highest BCUT2D eigenvalue weighted by atomic mass is 16.5. The van der Waals surface area contributed by atoms with Gasteiger partial charge < -0.3 is 4.74 Å². The SMILES string of the molecule is CCCCc1cn(-c2ccccc2OC)c(=O)n1Cc1ccc(-c2ccccc2-c2nn[nH]n2)cn1. The van der Waals surface area contributed by atoms with Crippen LogP contribution in [0.25, 0.3) is 28.2 Å². The van der Waals surface area contributed by atoms with Gasteiger partial charge in [0.2, 0.25) is 5.82 Å². The summed E-state index contributed by atoms with van der Waals surface area (Å²) in [6.45, 7) is 2.53. The van der Waals surface area contributed by atoms with Crippen LogP contribution >= 0.6 is 0 Å². The summed E-state index contributed by atoms with van der Waals surface area (Å²) in [6.07, 6.45) is 6.59. The maximum absolute atomic E-state index is 13.5. The van der Waals surface area contributed by atoms with Gasteiger partial charge in [-0.1, -0.05) is 55.8 Å². The molecule has 0 aliphatic carbocycles. The molecule has 0 bridgehead atoms. The van der Waals surface area contributed by atoms with Gasteiger partial charge in [-0.05, 0) is 41.8 Å². The minimum absolute atomic E-state index is 0.112. The number of imidazole rings is 1. The van der Waals surface area contributed by atoms with Gasteiger partial charge in [-0.25, -0.2) is 4.79 Å². The molecule has 0 aliphatic rings.